The molecule has 4 rings (SSSR count). The van der Waals surface area contributed by atoms with Gasteiger partial charge in [-0.2, -0.15) is 4.31 Å². The predicted molar refractivity (Wildman–Crippen MR) is 138 cm³/mol. The number of likely N-dealkylation sites (tertiary alicyclic amines) is 1. The third-order valence-electron chi connectivity index (χ3n) is 7.42. The molecule has 9 nitrogen and oxygen atoms in total. The predicted octanol–water partition coefficient (Wildman–Crippen LogP) is 2.58. The average Bonchev–Trinajstić information content (AvgIpc) is 3.32. The molecule has 198 valence electrons. The van der Waals surface area contributed by atoms with Crippen LogP contribution in [0.15, 0.2) is 33.8 Å². The SMILES string of the molecule is COc1cc(C)c(S(=O)(=O)N(C)Cc2cc(C(=O)N3CCN(C4CCN(C)CC4)CC3)co2)c(C)c1. The maximum Gasteiger partial charge on any atom is 0.257 e. The van der Waals surface area contributed by atoms with E-state index in [4.69, 9.17) is 9.15 Å². The first-order chi connectivity index (χ1) is 17.1. The Morgan fingerprint density at radius 3 is 2.25 bits per heavy atom. The summed E-state index contributed by atoms with van der Waals surface area (Å²) in [6.07, 6.45) is 3.80. The standard InChI is InChI=1S/C26H38N4O5S/c1-19-14-23(34-5)15-20(2)25(19)36(32,33)28(4)17-24-16-21(18-35-24)26(31)30-12-10-29(11-13-30)22-6-8-27(3)9-7-22/h14-16,18,22H,6-13,17H2,1-5H3. The Kier molecular flexibility index (Phi) is 8.09. The van der Waals surface area contributed by atoms with Gasteiger partial charge in [0, 0.05) is 39.3 Å². The summed E-state index contributed by atoms with van der Waals surface area (Å²) in [5, 5.41) is 0. The zero-order valence-corrected chi connectivity index (χ0v) is 22.8. The van der Waals surface area contributed by atoms with Gasteiger partial charge in [0.25, 0.3) is 5.91 Å². The zero-order chi connectivity index (χ0) is 26.0. The highest BCUT2D eigenvalue weighted by Gasteiger charge is 2.30. The first-order valence-corrected chi connectivity index (χ1v) is 13.9. The Balaban J connectivity index is 1.37. The fourth-order valence-electron chi connectivity index (χ4n) is 5.30. The van der Waals surface area contributed by atoms with Crippen molar-refractivity contribution in [3.8, 4) is 5.75 Å². The number of ether oxygens (including phenoxy) is 1. The summed E-state index contributed by atoms with van der Waals surface area (Å²) in [5.74, 6) is 0.978. The number of furan rings is 1. The average molecular weight is 519 g/mol. The van der Waals surface area contributed by atoms with Crippen molar-refractivity contribution in [2.45, 2.75) is 44.2 Å². The summed E-state index contributed by atoms with van der Waals surface area (Å²) in [5.41, 5.74) is 1.70. The minimum absolute atomic E-state index is 0.0322. The van der Waals surface area contributed by atoms with Crippen LogP contribution in [0.1, 0.15) is 40.1 Å². The van der Waals surface area contributed by atoms with Gasteiger partial charge in [0.05, 0.1) is 24.1 Å². The van der Waals surface area contributed by atoms with Gasteiger partial charge in [-0.25, -0.2) is 8.42 Å². The van der Waals surface area contributed by atoms with Gasteiger partial charge in [-0.1, -0.05) is 0 Å². The molecule has 0 radical (unpaired) electrons. The number of nitrogens with zero attached hydrogens (tertiary/aromatic N) is 4. The van der Waals surface area contributed by atoms with E-state index in [2.05, 4.69) is 16.8 Å². The minimum atomic E-state index is -3.76. The quantitative estimate of drug-likeness (QED) is 0.557. The first kappa shape index (κ1) is 26.7. The molecule has 2 fully saturated rings. The van der Waals surface area contributed by atoms with Crippen LogP contribution in [0.5, 0.6) is 5.75 Å². The Morgan fingerprint density at radius 1 is 1.06 bits per heavy atom. The van der Waals surface area contributed by atoms with Gasteiger partial charge < -0.3 is 19.0 Å². The molecule has 36 heavy (non-hydrogen) atoms. The molecule has 0 bridgehead atoms. The van der Waals surface area contributed by atoms with Crippen molar-refractivity contribution in [3.05, 3.63) is 46.9 Å². The number of piperazine rings is 1. The third-order valence-corrected chi connectivity index (χ3v) is 9.53. The lowest BCUT2D eigenvalue weighted by Gasteiger charge is -2.42. The van der Waals surface area contributed by atoms with E-state index in [-0.39, 0.29) is 17.3 Å². The number of aryl methyl sites for hydroxylation is 2. The summed E-state index contributed by atoms with van der Waals surface area (Å²) in [6, 6.07) is 5.69. The molecule has 0 aliphatic carbocycles. The summed E-state index contributed by atoms with van der Waals surface area (Å²) in [6.45, 7) is 8.95. The van der Waals surface area contributed by atoms with E-state index in [9.17, 15) is 13.2 Å². The van der Waals surface area contributed by atoms with E-state index in [0.717, 1.165) is 26.2 Å². The van der Waals surface area contributed by atoms with Crippen LogP contribution in [-0.4, -0.2) is 99.8 Å². The zero-order valence-electron chi connectivity index (χ0n) is 22.0. The highest BCUT2D eigenvalue weighted by Crippen LogP contribution is 2.29. The molecule has 0 saturated carbocycles. The van der Waals surface area contributed by atoms with Crippen molar-refractivity contribution in [2.24, 2.45) is 0 Å². The summed E-state index contributed by atoms with van der Waals surface area (Å²) < 4.78 is 38.7. The van der Waals surface area contributed by atoms with Gasteiger partial charge in [0.2, 0.25) is 10.0 Å². The second-order valence-electron chi connectivity index (χ2n) is 10.0. The van der Waals surface area contributed by atoms with Gasteiger partial charge in [-0.3, -0.25) is 9.69 Å². The molecule has 10 heteroatoms. The van der Waals surface area contributed by atoms with Gasteiger partial charge in [-0.15, -0.1) is 0 Å². The summed E-state index contributed by atoms with van der Waals surface area (Å²) in [4.78, 5) is 20.1. The van der Waals surface area contributed by atoms with Crippen LogP contribution in [-0.2, 0) is 16.6 Å². The maximum absolute atomic E-state index is 13.3. The van der Waals surface area contributed by atoms with Crippen molar-refractivity contribution >= 4 is 15.9 Å². The van der Waals surface area contributed by atoms with Crippen LogP contribution in [0, 0.1) is 13.8 Å². The molecule has 1 amide bonds. The number of carbonyl (C=O) groups is 1. The topological polar surface area (TPSA) is 86.5 Å². The molecule has 2 aliphatic heterocycles. The van der Waals surface area contributed by atoms with Gasteiger partial charge in [0.15, 0.2) is 0 Å². The smallest absolute Gasteiger partial charge is 0.257 e. The number of rotatable bonds is 7. The number of methoxy groups -OCH3 is 1. The van der Waals surface area contributed by atoms with E-state index in [1.54, 1.807) is 39.2 Å². The normalized spacial score (nSPS) is 18.7. The van der Waals surface area contributed by atoms with E-state index < -0.39 is 10.0 Å². The van der Waals surface area contributed by atoms with E-state index in [1.165, 1.54) is 30.5 Å². The molecule has 3 heterocycles. The van der Waals surface area contributed by atoms with Crippen LogP contribution in [0.2, 0.25) is 0 Å². The van der Waals surface area contributed by atoms with Crippen LogP contribution < -0.4 is 4.74 Å². The molecule has 2 aromatic rings. The number of piperidine rings is 1. The number of benzene rings is 1. The lowest BCUT2D eigenvalue weighted by molar-refractivity contribution is 0.0474. The lowest BCUT2D eigenvalue weighted by Crippen LogP contribution is -2.54. The molecular weight excluding hydrogens is 480 g/mol. The molecule has 1 aromatic heterocycles. The molecule has 2 aliphatic rings. The number of sulfonamides is 1. The van der Waals surface area contributed by atoms with Crippen molar-refractivity contribution in [1.82, 2.24) is 19.0 Å². The molecule has 0 spiro atoms. The molecule has 1 aromatic carbocycles. The van der Waals surface area contributed by atoms with Gasteiger partial charge in [-0.05, 0) is 76.2 Å². The fraction of sp³-hybridized carbons (Fsp3) is 0.577. The van der Waals surface area contributed by atoms with Crippen LogP contribution in [0.3, 0.4) is 0 Å². The van der Waals surface area contributed by atoms with E-state index >= 15 is 0 Å². The summed E-state index contributed by atoms with van der Waals surface area (Å²) >= 11 is 0. The van der Waals surface area contributed by atoms with Crippen LogP contribution in [0.25, 0.3) is 0 Å². The van der Waals surface area contributed by atoms with Gasteiger partial charge >= 0.3 is 0 Å². The fourth-order valence-corrected chi connectivity index (χ4v) is 6.84. The Labute approximate surface area is 214 Å². The van der Waals surface area contributed by atoms with Crippen LogP contribution >= 0.6 is 0 Å². The molecule has 0 atom stereocenters. The second kappa shape index (κ2) is 10.9. The van der Waals surface area contributed by atoms with Crippen LogP contribution in [0.4, 0.5) is 0 Å². The molecular formula is C26H38N4O5S. The summed E-state index contributed by atoms with van der Waals surface area (Å²) in [7, 11) is 1.48. The Bertz CT molecular complexity index is 1160. The Morgan fingerprint density at radius 2 is 1.67 bits per heavy atom. The number of amides is 1. The molecule has 2 saturated heterocycles. The van der Waals surface area contributed by atoms with Crippen molar-refractivity contribution in [2.75, 3.05) is 60.5 Å². The maximum atomic E-state index is 13.3. The van der Waals surface area contributed by atoms with Crippen molar-refractivity contribution < 1.29 is 22.4 Å². The van der Waals surface area contributed by atoms with Crippen molar-refractivity contribution in [3.63, 3.8) is 0 Å². The minimum Gasteiger partial charge on any atom is -0.497 e. The lowest BCUT2D eigenvalue weighted by atomic mass is 10.0. The first-order valence-electron chi connectivity index (χ1n) is 12.5. The third kappa shape index (κ3) is 5.61. The van der Waals surface area contributed by atoms with Crippen molar-refractivity contribution in [1.29, 1.82) is 0 Å². The van der Waals surface area contributed by atoms with E-state index in [0.29, 0.717) is 47.3 Å². The monoisotopic (exact) mass is 518 g/mol. The Hall–Kier alpha value is -2.40. The molecule has 0 unspecified atom stereocenters. The largest absolute Gasteiger partial charge is 0.497 e. The number of carbonyl (C=O) groups excluding carboxylic acids is 1. The number of hydrogen-bond donors (Lipinski definition) is 0. The number of hydrogen-bond acceptors (Lipinski definition) is 7. The van der Waals surface area contributed by atoms with Gasteiger partial charge in [0.1, 0.15) is 17.8 Å². The van der Waals surface area contributed by atoms with E-state index in [1.807, 2.05) is 4.90 Å². The highest BCUT2D eigenvalue weighted by molar-refractivity contribution is 7.89. The molecule has 0 N–H and O–H groups in total. The second-order valence-corrected chi connectivity index (χ2v) is 12.0. The highest BCUT2D eigenvalue weighted by atomic mass is 32.2.